The first-order chi connectivity index (χ1) is 6.45. The molecule has 0 spiro atoms. The summed E-state index contributed by atoms with van der Waals surface area (Å²) < 4.78 is 5.40. The zero-order valence-corrected chi connectivity index (χ0v) is 10.1. The van der Waals surface area contributed by atoms with Crippen LogP contribution < -0.4 is 4.74 Å². The summed E-state index contributed by atoms with van der Waals surface area (Å²) in [4.78, 5) is 0.805. The smallest absolute Gasteiger partial charge is 0.137 e. The van der Waals surface area contributed by atoms with Gasteiger partial charge in [-0.05, 0) is 30.0 Å². The zero-order valence-electron chi connectivity index (χ0n) is 9.26. The Morgan fingerprint density at radius 1 is 1.29 bits per heavy atom. The predicted octanol–water partition coefficient (Wildman–Crippen LogP) is 3.94. The Balaban J connectivity index is 3.01. The Kier molecular flexibility index (Phi) is 3.38. The maximum absolute atomic E-state index is 5.40. The second kappa shape index (κ2) is 4.18. The fraction of sp³-hybridized carbons (Fsp3) is 0.500. The van der Waals surface area contributed by atoms with Crippen molar-refractivity contribution in [2.75, 3.05) is 6.61 Å². The molecule has 0 N–H and O–H groups in total. The fourth-order valence-corrected chi connectivity index (χ4v) is 1.50. The van der Waals surface area contributed by atoms with Crippen molar-refractivity contribution >= 4 is 12.6 Å². The van der Waals surface area contributed by atoms with Gasteiger partial charge in [-0.2, -0.15) is 0 Å². The van der Waals surface area contributed by atoms with Crippen molar-refractivity contribution in [3.05, 3.63) is 23.8 Å². The fourth-order valence-electron chi connectivity index (χ4n) is 1.25. The van der Waals surface area contributed by atoms with E-state index in [2.05, 4.69) is 26.8 Å². The molecule has 0 amide bonds. The summed E-state index contributed by atoms with van der Waals surface area (Å²) in [5, 5.41) is 0. The van der Waals surface area contributed by atoms with Crippen molar-refractivity contribution in [2.24, 2.45) is 0 Å². The molecule has 0 saturated heterocycles. The van der Waals surface area contributed by atoms with Crippen molar-refractivity contribution < 1.29 is 4.74 Å². The maximum atomic E-state index is 5.40. The standard InChI is InChI=1S/C12H17OS/c1-5-13-10-7-6-9(8-11(10)14)12(2,3)4/h6-8H,5H2,1-4H3. The highest BCUT2D eigenvalue weighted by atomic mass is 32.1. The lowest BCUT2D eigenvalue weighted by Crippen LogP contribution is -2.11. The molecule has 1 aromatic carbocycles. The van der Waals surface area contributed by atoms with Gasteiger partial charge in [0.1, 0.15) is 5.75 Å². The molecule has 0 saturated carbocycles. The minimum Gasteiger partial charge on any atom is -0.492 e. The third-order valence-electron chi connectivity index (χ3n) is 2.11. The van der Waals surface area contributed by atoms with Gasteiger partial charge >= 0.3 is 0 Å². The number of hydrogen-bond acceptors (Lipinski definition) is 1. The molecule has 1 rings (SSSR count). The van der Waals surface area contributed by atoms with E-state index in [0.717, 1.165) is 10.6 Å². The molecule has 0 aliphatic carbocycles. The van der Waals surface area contributed by atoms with Crippen molar-refractivity contribution in [1.29, 1.82) is 0 Å². The Hall–Kier alpha value is -0.760. The first-order valence-corrected chi connectivity index (χ1v) is 5.30. The Bertz CT molecular complexity index is 313. The normalized spacial score (nSPS) is 11.4. The highest BCUT2D eigenvalue weighted by molar-refractivity contribution is 7.80. The van der Waals surface area contributed by atoms with Gasteiger partial charge in [0.15, 0.2) is 0 Å². The molecule has 0 aliphatic heterocycles. The Morgan fingerprint density at radius 2 is 1.93 bits per heavy atom. The quantitative estimate of drug-likeness (QED) is 0.717. The van der Waals surface area contributed by atoms with E-state index >= 15 is 0 Å². The molecule has 0 bridgehead atoms. The Labute approximate surface area is 91.9 Å². The zero-order chi connectivity index (χ0) is 10.8. The third-order valence-corrected chi connectivity index (χ3v) is 2.43. The monoisotopic (exact) mass is 209 g/mol. The van der Waals surface area contributed by atoms with E-state index in [1.165, 1.54) is 5.56 Å². The molecule has 2 heteroatoms. The summed E-state index contributed by atoms with van der Waals surface area (Å²) in [5.41, 5.74) is 1.41. The van der Waals surface area contributed by atoms with Crippen LogP contribution in [0.4, 0.5) is 0 Å². The van der Waals surface area contributed by atoms with E-state index in [1.807, 2.05) is 19.1 Å². The summed E-state index contributed by atoms with van der Waals surface area (Å²) in [6.07, 6.45) is 0. The SMILES string of the molecule is CCOc1ccc(C(C)(C)C)cc1[S]. The first-order valence-electron chi connectivity index (χ1n) is 4.89. The molecule has 0 unspecified atom stereocenters. The van der Waals surface area contributed by atoms with Crippen LogP contribution in [0.3, 0.4) is 0 Å². The third kappa shape index (κ3) is 2.61. The summed E-state index contributed by atoms with van der Waals surface area (Å²) in [7, 11) is 0. The second-order valence-electron chi connectivity index (χ2n) is 4.34. The molecule has 1 nitrogen and oxygen atoms in total. The number of ether oxygens (including phenoxy) is 1. The first kappa shape index (κ1) is 11.3. The molecule has 0 aliphatic rings. The highest BCUT2D eigenvalue weighted by Gasteiger charge is 2.15. The second-order valence-corrected chi connectivity index (χ2v) is 4.78. The molecule has 1 aromatic rings. The van der Waals surface area contributed by atoms with Crippen molar-refractivity contribution in [3.8, 4) is 5.75 Å². The van der Waals surface area contributed by atoms with E-state index in [-0.39, 0.29) is 5.41 Å². The van der Waals surface area contributed by atoms with Crippen LogP contribution >= 0.6 is 12.6 Å². The lowest BCUT2D eigenvalue weighted by atomic mass is 9.87. The number of hydrogen-bond donors (Lipinski definition) is 0. The molecular formula is C12H17OS. The van der Waals surface area contributed by atoms with E-state index in [9.17, 15) is 0 Å². The van der Waals surface area contributed by atoms with E-state index < -0.39 is 0 Å². The van der Waals surface area contributed by atoms with Crippen LogP contribution in [0.25, 0.3) is 0 Å². The maximum Gasteiger partial charge on any atom is 0.137 e. The minimum atomic E-state index is 0.151. The lowest BCUT2D eigenvalue weighted by Gasteiger charge is -2.19. The van der Waals surface area contributed by atoms with Gasteiger partial charge in [-0.15, -0.1) is 0 Å². The summed E-state index contributed by atoms with van der Waals surface area (Å²) in [6.45, 7) is 9.16. The molecule has 0 atom stereocenters. The van der Waals surface area contributed by atoms with Crippen molar-refractivity contribution in [2.45, 2.75) is 38.0 Å². The number of rotatable bonds is 2. The largest absolute Gasteiger partial charge is 0.492 e. The molecular weight excluding hydrogens is 192 g/mol. The molecule has 0 fully saturated rings. The van der Waals surface area contributed by atoms with Gasteiger partial charge in [-0.25, -0.2) is 0 Å². The Morgan fingerprint density at radius 3 is 2.36 bits per heavy atom. The molecule has 14 heavy (non-hydrogen) atoms. The molecule has 0 heterocycles. The van der Waals surface area contributed by atoms with Gasteiger partial charge in [-0.1, -0.05) is 39.5 Å². The van der Waals surface area contributed by atoms with Crippen LogP contribution in [-0.2, 0) is 5.41 Å². The highest BCUT2D eigenvalue weighted by Crippen LogP contribution is 2.29. The van der Waals surface area contributed by atoms with E-state index in [1.54, 1.807) is 0 Å². The molecule has 1 radical (unpaired) electrons. The van der Waals surface area contributed by atoms with Gasteiger partial charge in [0.25, 0.3) is 0 Å². The van der Waals surface area contributed by atoms with Gasteiger partial charge in [0, 0.05) is 0 Å². The van der Waals surface area contributed by atoms with Crippen molar-refractivity contribution in [3.63, 3.8) is 0 Å². The summed E-state index contributed by atoms with van der Waals surface area (Å²) >= 11 is 5.25. The van der Waals surface area contributed by atoms with Crippen LogP contribution in [0.5, 0.6) is 5.75 Å². The number of benzene rings is 1. The van der Waals surface area contributed by atoms with Crippen LogP contribution in [0.2, 0.25) is 0 Å². The average molecular weight is 209 g/mol. The van der Waals surface area contributed by atoms with E-state index in [0.29, 0.717) is 6.61 Å². The minimum absolute atomic E-state index is 0.151. The van der Waals surface area contributed by atoms with Crippen LogP contribution in [-0.4, -0.2) is 6.61 Å². The predicted molar refractivity (Wildman–Crippen MR) is 62.2 cm³/mol. The average Bonchev–Trinajstić information content (AvgIpc) is 2.07. The molecule has 77 valence electrons. The lowest BCUT2D eigenvalue weighted by molar-refractivity contribution is 0.332. The summed E-state index contributed by atoms with van der Waals surface area (Å²) in [5.74, 6) is 0.815. The van der Waals surface area contributed by atoms with Gasteiger partial charge in [0.2, 0.25) is 0 Å². The van der Waals surface area contributed by atoms with Gasteiger partial charge in [0.05, 0.1) is 11.5 Å². The van der Waals surface area contributed by atoms with Crippen molar-refractivity contribution in [1.82, 2.24) is 0 Å². The van der Waals surface area contributed by atoms with Gasteiger partial charge in [-0.3, -0.25) is 0 Å². The summed E-state index contributed by atoms with van der Waals surface area (Å²) in [6, 6.07) is 6.08. The topological polar surface area (TPSA) is 9.23 Å². The van der Waals surface area contributed by atoms with Crippen LogP contribution in [0, 0.1) is 0 Å². The molecule has 0 aromatic heterocycles. The van der Waals surface area contributed by atoms with E-state index in [4.69, 9.17) is 17.4 Å². The van der Waals surface area contributed by atoms with Crippen LogP contribution in [0.1, 0.15) is 33.3 Å². The van der Waals surface area contributed by atoms with Crippen LogP contribution in [0.15, 0.2) is 23.1 Å². The van der Waals surface area contributed by atoms with Gasteiger partial charge < -0.3 is 4.74 Å².